The molecule has 0 atom stereocenters. The van der Waals surface area contributed by atoms with Crippen molar-refractivity contribution in [2.45, 2.75) is 0 Å². The highest BCUT2D eigenvalue weighted by atomic mass is 16.5. The van der Waals surface area contributed by atoms with Crippen molar-refractivity contribution in [3.05, 3.63) is 36.0 Å². The Kier molecular flexibility index (Phi) is 4.70. The van der Waals surface area contributed by atoms with Crippen molar-refractivity contribution in [2.75, 3.05) is 0 Å². The number of ether oxygens (including phenoxy) is 1. The second-order valence-electron chi connectivity index (χ2n) is 2.67. The normalized spacial score (nSPS) is 8.18. The van der Waals surface area contributed by atoms with Crippen molar-refractivity contribution < 1.29 is 14.3 Å². The van der Waals surface area contributed by atoms with E-state index in [-0.39, 0.29) is 6.15 Å². The van der Waals surface area contributed by atoms with Gasteiger partial charge in [-0.05, 0) is 18.2 Å². The Bertz CT molecular complexity index is 537. The molecular formula is C11H7N3O3. The van der Waals surface area contributed by atoms with E-state index in [4.69, 9.17) is 20.7 Å². The van der Waals surface area contributed by atoms with Crippen LogP contribution in [0.3, 0.4) is 0 Å². The van der Waals surface area contributed by atoms with Crippen molar-refractivity contribution in [3.8, 4) is 24.0 Å². The summed E-state index contributed by atoms with van der Waals surface area (Å²) in [6.07, 6.45) is 6.99. The summed E-state index contributed by atoms with van der Waals surface area (Å²) in [4.78, 5) is 16.2. The third-order valence-corrected chi connectivity index (χ3v) is 1.62. The summed E-state index contributed by atoms with van der Waals surface area (Å²) in [5.41, 5.74) is 0.769. The van der Waals surface area contributed by atoms with Crippen molar-refractivity contribution >= 4 is 6.15 Å². The molecule has 6 heteroatoms. The molecule has 2 aromatic rings. The molecule has 0 spiro atoms. The first kappa shape index (κ1) is 12.2. The highest BCUT2D eigenvalue weighted by Crippen LogP contribution is 2.18. The van der Waals surface area contributed by atoms with Crippen LogP contribution >= 0.6 is 0 Å². The summed E-state index contributed by atoms with van der Waals surface area (Å²) in [7, 11) is 0. The zero-order valence-electron chi connectivity index (χ0n) is 8.58. The smallest absolute Gasteiger partial charge is 0.373 e. The fourth-order valence-electron chi connectivity index (χ4n) is 1.01. The second-order valence-corrected chi connectivity index (χ2v) is 2.67. The van der Waals surface area contributed by atoms with Gasteiger partial charge in [-0.15, -0.1) is 11.5 Å². The van der Waals surface area contributed by atoms with Gasteiger partial charge in [0.15, 0.2) is 0 Å². The van der Waals surface area contributed by atoms with Gasteiger partial charge in [0.25, 0.3) is 5.88 Å². The molecule has 0 aliphatic heterocycles. The molecule has 0 bridgehead atoms. The number of hydrogen-bond acceptors (Lipinski definition) is 5. The largest absolute Gasteiger partial charge is 0.436 e. The van der Waals surface area contributed by atoms with Gasteiger partial charge in [0, 0.05) is 5.56 Å². The van der Waals surface area contributed by atoms with Gasteiger partial charge >= 0.3 is 6.15 Å². The van der Waals surface area contributed by atoms with Gasteiger partial charge < -0.3 is 4.74 Å². The van der Waals surface area contributed by atoms with Gasteiger partial charge in [0.1, 0.15) is 11.9 Å². The molecule has 1 aromatic carbocycles. The Morgan fingerprint density at radius 1 is 1.35 bits per heavy atom. The van der Waals surface area contributed by atoms with Crippen LogP contribution in [0.1, 0.15) is 5.56 Å². The molecule has 2 rings (SSSR count). The molecule has 0 fully saturated rings. The highest BCUT2D eigenvalue weighted by Gasteiger charge is 1.99. The molecule has 84 valence electrons. The molecule has 0 saturated heterocycles. The van der Waals surface area contributed by atoms with E-state index in [0.29, 0.717) is 11.6 Å². The summed E-state index contributed by atoms with van der Waals surface area (Å²) in [5, 5.41) is 9.83. The van der Waals surface area contributed by atoms with Gasteiger partial charge in [-0.1, -0.05) is 12.0 Å². The summed E-state index contributed by atoms with van der Waals surface area (Å²) in [6, 6.07) is 7.21. The number of benzene rings is 1. The minimum Gasteiger partial charge on any atom is -0.436 e. The Balaban J connectivity index is 0.000000437. The van der Waals surface area contributed by atoms with Crippen LogP contribution in [0, 0.1) is 12.3 Å². The standard InChI is InChI=1S/C10H7N3O.CO2/c1-2-8-4-3-5-9(6-8)14-10-7-11-13-12-10;2-1-3/h1,3-7H,(H,11,12,13);. The van der Waals surface area contributed by atoms with Crippen LogP contribution in [0.15, 0.2) is 30.5 Å². The van der Waals surface area contributed by atoms with Gasteiger partial charge in [0.2, 0.25) is 0 Å². The van der Waals surface area contributed by atoms with E-state index < -0.39 is 0 Å². The minimum atomic E-state index is 0.250. The second kappa shape index (κ2) is 6.56. The molecular weight excluding hydrogens is 222 g/mol. The summed E-state index contributed by atoms with van der Waals surface area (Å²) in [5.74, 6) is 3.59. The van der Waals surface area contributed by atoms with E-state index in [2.05, 4.69) is 21.3 Å². The predicted molar refractivity (Wildman–Crippen MR) is 55.8 cm³/mol. The van der Waals surface area contributed by atoms with E-state index in [1.54, 1.807) is 12.1 Å². The van der Waals surface area contributed by atoms with Gasteiger partial charge in [0.05, 0.1) is 0 Å². The number of H-pyrrole nitrogens is 1. The molecule has 0 unspecified atom stereocenters. The van der Waals surface area contributed by atoms with Gasteiger partial charge in [-0.25, -0.2) is 0 Å². The van der Waals surface area contributed by atoms with Crippen molar-refractivity contribution in [1.29, 1.82) is 0 Å². The van der Waals surface area contributed by atoms with Crippen molar-refractivity contribution in [3.63, 3.8) is 0 Å². The predicted octanol–water partition coefficient (Wildman–Crippen LogP) is 0.995. The Labute approximate surface area is 96.6 Å². The number of carbonyl (C=O) groups excluding carboxylic acids is 2. The zero-order chi connectivity index (χ0) is 12.5. The monoisotopic (exact) mass is 229 g/mol. The van der Waals surface area contributed by atoms with Crippen LogP contribution in [-0.4, -0.2) is 21.6 Å². The maximum absolute atomic E-state index is 8.12. The fourth-order valence-corrected chi connectivity index (χ4v) is 1.01. The summed E-state index contributed by atoms with van der Waals surface area (Å²) >= 11 is 0. The lowest BCUT2D eigenvalue weighted by Gasteiger charge is -2.00. The maximum atomic E-state index is 8.12. The van der Waals surface area contributed by atoms with Crippen molar-refractivity contribution in [1.82, 2.24) is 15.4 Å². The fraction of sp³-hybridized carbons (Fsp3) is 0. The maximum Gasteiger partial charge on any atom is 0.373 e. The zero-order valence-corrected chi connectivity index (χ0v) is 8.58. The molecule has 0 amide bonds. The molecule has 0 saturated carbocycles. The van der Waals surface area contributed by atoms with Gasteiger partial charge in [-0.3, -0.25) is 0 Å². The topological polar surface area (TPSA) is 84.9 Å². The van der Waals surface area contributed by atoms with Crippen LogP contribution in [0.4, 0.5) is 0 Å². The van der Waals surface area contributed by atoms with E-state index in [1.165, 1.54) is 6.20 Å². The van der Waals surface area contributed by atoms with Crippen LogP contribution in [0.2, 0.25) is 0 Å². The first-order valence-corrected chi connectivity index (χ1v) is 4.39. The van der Waals surface area contributed by atoms with Crippen LogP contribution in [-0.2, 0) is 9.59 Å². The summed E-state index contributed by atoms with van der Waals surface area (Å²) in [6.45, 7) is 0. The van der Waals surface area contributed by atoms with E-state index >= 15 is 0 Å². The quantitative estimate of drug-likeness (QED) is 0.776. The molecule has 1 heterocycles. The number of nitrogens with one attached hydrogen (secondary N) is 1. The van der Waals surface area contributed by atoms with E-state index in [9.17, 15) is 0 Å². The van der Waals surface area contributed by atoms with Crippen LogP contribution in [0.5, 0.6) is 11.6 Å². The Hall–Kier alpha value is -2.90. The molecule has 17 heavy (non-hydrogen) atoms. The molecule has 0 aliphatic rings. The SMILES string of the molecule is C#Cc1cccc(Oc2cn[nH]n2)c1.O=C=O. The molecule has 1 aromatic heterocycles. The first-order chi connectivity index (χ1) is 8.30. The first-order valence-electron chi connectivity index (χ1n) is 4.39. The van der Waals surface area contributed by atoms with E-state index in [0.717, 1.165) is 5.56 Å². The van der Waals surface area contributed by atoms with Crippen LogP contribution in [0.25, 0.3) is 0 Å². The average molecular weight is 229 g/mol. The number of aromatic amines is 1. The van der Waals surface area contributed by atoms with Crippen molar-refractivity contribution in [2.24, 2.45) is 0 Å². The number of hydrogen-bond donors (Lipinski definition) is 1. The van der Waals surface area contributed by atoms with Crippen LogP contribution < -0.4 is 4.74 Å². The third kappa shape index (κ3) is 4.00. The highest BCUT2D eigenvalue weighted by molar-refractivity contribution is 5.39. The third-order valence-electron chi connectivity index (χ3n) is 1.62. The number of aromatic nitrogens is 3. The Morgan fingerprint density at radius 2 is 2.12 bits per heavy atom. The molecule has 1 N–H and O–H groups in total. The van der Waals surface area contributed by atoms with Gasteiger partial charge in [-0.2, -0.15) is 19.9 Å². The minimum absolute atomic E-state index is 0.250. The lowest BCUT2D eigenvalue weighted by atomic mass is 10.2. The molecule has 0 radical (unpaired) electrons. The summed E-state index contributed by atoms with van der Waals surface area (Å²) < 4.78 is 5.36. The molecule has 0 aliphatic carbocycles. The lowest BCUT2D eigenvalue weighted by Crippen LogP contribution is -1.84. The number of terminal acetylenes is 1. The Morgan fingerprint density at radius 3 is 2.71 bits per heavy atom. The number of nitrogens with zero attached hydrogens (tertiary/aromatic N) is 2. The lowest BCUT2D eigenvalue weighted by molar-refractivity contribution is -0.191. The molecule has 6 nitrogen and oxygen atoms in total. The number of rotatable bonds is 2. The van der Waals surface area contributed by atoms with E-state index in [1.807, 2.05) is 12.1 Å². The average Bonchev–Trinajstić information content (AvgIpc) is 2.83.